The van der Waals surface area contributed by atoms with Crippen LogP contribution < -0.4 is 10.1 Å². The van der Waals surface area contributed by atoms with Crippen LogP contribution in [0.25, 0.3) is 0 Å². The molecule has 0 spiro atoms. The van der Waals surface area contributed by atoms with Gasteiger partial charge in [-0.15, -0.1) is 0 Å². The number of allylic oxidation sites excluding steroid dienone is 3. The molecule has 0 bridgehead atoms. The molecule has 7 heteroatoms. The zero-order valence-electron chi connectivity index (χ0n) is 18.6. The number of rotatable bonds is 6. The van der Waals surface area contributed by atoms with E-state index in [1.54, 1.807) is 40.0 Å². The van der Waals surface area contributed by atoms with Crippen LogP contribution in [0.5, 0.6) is 5.75 Å². The second-order valence-electron chi connectivity index (χ2n) is 7.76. The van der Waals surface area contributed by atoms with Gasteiger partial charge in [0.15, 0.2) is 5.78 Å². The number of methoxy groups -OCH3 is 1. The van der Waals surface area contributed by atoms with Gasteiger partial charge in [0.05, 0.1) is 25.9 Å². The van der Waals surface area contributed by atoms with E-state index in [0.717, 1.165) is 11.3 Å². The summed E-state index contributed by atoms with van der Waals surface area (Å²) in [6.07, 6.45) is 0.498. The van der Waals surface area contributed by atoms with Gasteiger partial charge < -0.3 is 19.5 Å². The molecule has 0 radical (unpaired) electrons. The van der Waals surface area contributed by atoms with E-state index in [1.165, 1.54) is 0 Å². The minimum absolute atomic E-state index is 0.200. The third-order valence-electron chi connectivity index (χ3n) is 5.75. The Kier molecular flexibility index (Phi) is 6.83. The fourth-order valence-corrected chi connectivity index (χ4v) is 4.42. The van der Waals surface area contributed by atoms with Gasteiger partial charge in [-0.05, 0) is 50.8 Å². The Labute approximate surface area is 182 Å². The number of ketones is 1. The Hall–Kier alpha value is -3.09. The van der Waals surface area contributed by atoms with Gasteiger partial charge in [-0.2, -0.15) is 0 Å². The van der Waals surface area contributed by atoms with E-state index in [0.29, 0.717) is 29.0 Å². The molecular weight excluding hydrogens is 398 g/mol. The Morgan fingerprint density at radius 2 is 1.87 bits per heavy atom. The maximum absolute atomic E-state index is 13.7. The molecule has 0 aromatic heterocycles. The maximum atomic E-state index is 13.7. The molecule has 166 valence electrons. The van der Waals surface area contributed by atoms with Crippen LogP contribution in [0.3, 0.4) is 0 Å². The van der Waals surface area contributed by atoms with E-state index in [2.05, 4.69) is 5.32 Å². The van der Waals surface area contributed by atoms with Crippen LogP contribution in [0, 0.1) is 11.8 Å². The molecule has 1 N–H and O–H groups in total. The van der Waals surface area contributed by atoms with Crippen LogP contribution in [-0.2, 0) is 23.9 Å². The molecule has 3 rings (SSSR count). The third kappa shape index (κ3) is 4.22. The lowest BCUT2D eigenvalue weighted by atomic mass is 9.69. The second kappa shape index (κ2) is 9.37. The summed E-state index contributed by atoms with van der Waals surface area (Å²) < 4.78 is 15.9. The normalized spacial score (nSPS) is 23.1. The van der Waals surface area contributed by atoms with Crippen molar-refractivity contribution in [3.8, 4) is 5.75 Å². The first-order valence-electron chi connectivity index (χ1n) is 10.6. The summed E-state index contributed by atoms with van der Waals surface area (Å²) in [6, 6.07) is 7.26. The summed E-state index contributed by atoms with van der Waals surface area (Å²) >= 11 is 0. The van der Waals surface area contributed by atoms with Crippen molar-refractivity contribution in [2.45, 2.75) is 40.0 Å². The molecule has 1 aromatic carbocycles. The molecule has 0 saturated carbocycles. The first-order valence-corrected chi connectivity index (χ1v) is 10.6. The molecule has 1 aliphatic carbocycles. The lowest BCUT2D eigenvalue weighted by Crippen LogP contribution is -2.43. The van der Waals surface area contributed by atoms with Gasteiger partial charge in [0.2, 0.25) is 0 Å². The van der Waals surface area contributed by atoms with Gasteiger partial charge in [-0.25, -0.2) is 4.79 Å². The van der Waals surface area contributed by atoms with E-state index in [4.69, 9.17) is 14.2 Å². The number of dihydropyridines is 1. The topological polar surface area (TPSA) is 90.9 Å². The highest BCUT2D eigenvalue weighted by atomic mass is 16.5. The summed E-state index contributed by atoms with van der Waals surface area (Å²) in [5, 5.41) is 3.24. The van der Waals surface area contributed by atoms with Crippen LogP contribution in [0.1, 0.15) is 45.6 Å². The molecule has 0 amide bonds. The third-order valence-corrected chi connectivity index (χ3v) is 5.75. The summed E-state index contributed by atoms with van der Waals surface area (Å²) in [5.41, 5.74) is 2.87. The zero-order valence-corrected chi connectivity index (χ0v) is 18.6. The van der Waals surface area contributed by atoms with E-state index in [-0.39, 0.29) is 24.9 Å². The standard InChI is InChI=1S/C24H29NO6/c1-6-30-23(27)18-13(3)11-17-21(22(18)26)20(15-9-8-10-16(12-15)29-5)19(14(4)25-17)24(28)31-7-2/h8-10,12-13,18,20,25H,6-7,11H2,1-5H3/t13-,18+,20-/m0/s1. The van der Waals surface area contributed by atoms with Gasteiger partial charge in [0.1, 0.15) is 11.7 Å². The molecule has 0 saturated heterocycles. The first kappa shape index (κ1) is 22.6. The van der Waals surface area contributed by atoms with Crippen molar-refractivity contribution in [2.24, 2.45) is 11.8 Å². The lowest BCUT2D eigenvalue weighted by Gasteiger charge is -2.38. The molecule has 3 atom stereocenters. The maximum Gasteiger partial charge on any atom is 0.336 e. The van der Waals surface area contributed by atoms with Gasteiger partial charge in [0.25, 0.3) is 0 Å². The van der Waals surface area contributed by atoms with Crippen LogP contribution in [0.4, 0.5) is 0 Å². The molecule has 0 fully saturated rings. The molecule has 0 unspecified atom stereocenters. The van der Waals surface area contributed by atoms with E-state index in [1.807, 2.05) is 19.1 Å². The number of Topliss-reactive ketones (excluding diaryl/α,β-unsaturated/α-hetero) is 1. The summed E-state index contributed by atoms with van der Waals surface area (Å²) in [4.78, 5) is 39.2. The second-order valence-corrected chi connectivity index (χ2v) is 7.76. The summed E-state index contributed by atoms with van der Waals surface area (Å²) in [6.45, 7) is 7.53. The average Bonchev–Trinajstić information content (AvgIpc) is 2.73. The van der Waals surface area contributed by atoms with Crippen LogP contribution in [0.2, 0.25) is 0 Å². The number of hydrogen-bond donors (Lipinski definition) is 1. The summed E-state index contributed by atoms with van der Waals surface area (Å²) in [5.74, 6) is -2.52. The number of esters is 2. The lowest BCUT2D eigenvalue weighted by molar-refractivity contribution is -0.153. The van der Waals surface area contributed by atoms with Crippen molar-refractivity contribution in [1.82, 2.24) is 5.32 Å². The first-order chi connectivity index (χ1) is 14.8. The van der Waals surface area contributed by atoms with Gasteiger partial charge in [-0.1, -0.05) is 19.1 Å². The molecule has 31 heavy (non-hydrogen) atoms. The number of carbonyl (C=O) groups is 3. The van der Waals surface area contributed by atoms with Crippen molar-refractivity contribution in [1.29, 1.82) is 0 Å². The molecule has 1 aliphatic heterocycles. The highest BCUT2D eigenvalue weighted by Gasteiger charge is 2.47. The molecule has 7 nitrogen and oxygen atoms in total. The van der Waals surface area contributed by atoms with Crippen molar-refractivity contribution in [2.75, 3.05) is 20.3 Å². The SMILES string of the molecule is CCOC(=O)C1=C(C)NC2=C(C(=O)[C@H](C(=O)OCC)[C@@H](C)C2)[C@H]1c1cccc(OC)c1. The van der Waals surface area contributed by atoms with E-state index in [9.17, 15) is 14.4 Å². The van der Waals surface area contributed by atoms with Crippen LogP contribution >= 0.6 is 0 Å². The Bertz CT molecular complexity index is 961. The molecule has 1 aromatic rings. The number of nitrogens with one attached hydrogen (secondary N) is 1. The van der Waals surface area contributed by atoms with Crippen LogP contribution in [-0.4, -0.2) is 38.0 Å². The van der Waals surface area contributed by atoms with E-state index < -0.39 is 23.8 Å². The van der Waals surface area contributed by atoms with Crippen molar-refractivity contribution in [3.63, 3.8) is 0 Å². The minimum atomic E-state index is -0.907. The molecule has 2 aliphatic rings. The zero-order chi connectivity index (χ0) is 22.7. The largest absolute Gasteiger partial charge is 0.497 e. The smallest absolute Gasteiger partial charge is 0.336 e. The number of hydrogen-bond acceptors (Lipinski definition) is 7. The Balaban J connectivity index is 2.17. The summed E-state index contributed by atoms with van der Waals surface area (Å²) in [7, 11) is 1.56. The fourth-order valence-electron chi connectivity index (χ4n) is 4.42. The number of benzene rings is 1. The highest BCUT2D eigenvalue weighted by molar-refractivity contribution is 6.12. The van der Waals surface area contributed by atoms with Gasteiger partial charge >= 0.3 is 11.9 Å². The number of carbonyl (C=O) groups excluding carboxylic acids is 3. The fraction of sp³-hybridized carbons (Fsp3) is 0.458. The Morgan fingerprint density at radius 1 is 1.16 bits per heavy atom. The van der Waals surface area contributed by atoms with Crippen LogP contribution in [0.15, 0.2) is 46.8 Å². The van der Waals surface area contributed by atoms with Gasteiger partial charge in [0, 0.05) is 22.9 Å². The van der Waals surface area contributed by atoms with Crippen molar-refractivity contribution in [3.05, 3.63) is 52.4 Å². The predicted octanol–water partition coefficient (Wildman–Crippen LogP) is 3.26. The van der Waals surface area contributed by atoms with E-state index >= 15 is 0 Å². The average molecular weight is 427 g/mol. The molecule has 1 heterocycles. The van der Waals surface area contributed by atoms with Crippen molar-refractivity contribution >= 4 is 17.7 Å². The van der Waals surface area contributed by atoms with Gasteiger partial charge in [-0.3, -0.25) is 9.59 Å². The minimum Gasteiger partial charge on any atom is -0.497 e. The predicted molar refractivity (Wildman–Crippen MR) is 114 cm³/mol. The number of ether oxygens (including phenoxy) is 3. The Morgan fingerprint density at radius 3 is 2.52 bits per heavy atom. The highest BCUT2D eigenvalue weighted by Crippen LogP contribution is 2.45. The van der Waals surface area contributed by atoms with Crippen molar-refractivity contribution < 1.29 is 28.6 Å². The quantitative estimate of drug-likeness (QED) is 0.550. The molecular formula is C24H29NO6. The monoisotopic (exact) mass is 427 g/mol.